The lowest BCUT2D eigenvalue weighted by atomic mass is 9.87. The summed E-state index contributed by atoms with van der Waals surface area (Å²) in [5, 5.41) is 14.0. The zero-order valence-corrected chi connectivity index (χ0v) is 32.3. The monoisotopic (exact) mass is 759 g/mol. The molecule has 3 amide bonds. The molecule has 4 aliphatic rings. The molecule has 6 N–H and O–H groups in total. The summed E-state index contributed by atoms with van der Waals surface area (Å²) >= 11 is 0. The van der Waals surface area contributed by atoms with E-state index in [9.17, 15) is 14.4 Å². The second kappa shape index (κ2) is 18.8. The van der Waals surface area contributed by atoms with Gasteiger partial charge in [-0.2, -0.15) is 0 Å². The molecule has 2 fully saturated rings. The molecule has 0 spiro atoms. The molecule has 4 aromatic rings. The number of hydrogen-bond donors (Lipinski definition) is 5. The van der Waals surface area contributed by atoms with Gasteiger partial charge < -0.3 is 49.9 Å². The van der Waals surface area contributed by atoms with Crippen molar-refractivity contribution in [1.29, 1.82) is 0 Å². The maximum absolute atomic E-state index is 12.7. The number of nitrogens with two attached hydrogens (primary N) is 1. The van der Waals surface area contributed by atoms with E-state index in [0.29, 0.717) is 26.1 Å². The van der Waals surface area contributed by atoms with Gasteiger partial charge in [0.05, 0.1) is 43.0 Å². The van der Waals surface area contributed by atoms with Gasteiger partial charge in [0.25, 0.3) is 0 Å². The molecule has 0 aliphatic carbocycles. The van der Waals surface area contributed by atoms with E-state index in [2.05, 4.69) is 44.7 Å². The number of rotatable bonds is 8. The molecule has 0 radical (unpaired) electrons. The molecule has 1 unspecified atom stereocenters. The number of aliphatic hydroxyl groups excluding tert-OH is 2. The minimum atomic E-state index is -0.745. The van der Waals surface area contributed by atoms with Gasteiger partial charge in [0.2, 0.25) is 11.8 Å². The van der Waals surface area contributed by atoms with E-state index >= 15 is 0 Å². The Labute approximate surface area is 321 Å². The molecule has 2 aromatic carbocycles. The van der Waals surface area contributed by atoms with Crippen LogP contribution in [0.25, 0.3) is 33.6 Å². The third kappa shape index (κ3) is 8.62. The topological polar surface area (TPSA) is 209 Å². The van der Waals surface area contributed by atoms with Crippen LogP contribution in [0, 0.1) is 0 Å². The summed E-state index contributed by atoms with van der Waals surface area (Å²) in [4.78, 5) is 55.2. The first kappa shape index (κ1) is 40.8. The third-order valence-corrected chi connectivity index (χ3v) is 10.1. The Bertz CT molecular complexity index is 1770. The average Bonchev–Trinajstić information content (AvgIpc) is 4.05. The second-order valence-electron chi connectivity index (χ2n) is 13.5. The summed E-state index contributed by atoms with van der Waals surface area (Å²) in [7, 11) is 3.22. The maximum Gasteiger partial charge on any atom is 0.404 e. The number of amides is 3. The molecule has 15 heteroatoms. The van der Waals surface area contributed by atoms with Gasteiger partial charge in [-0.1, -0.05) is 13.8 Å². The van der Waals surface area contributed by atoms with Crippen LogP contribution in [0.2, 0.25) is 0 Å². The smallest absolute Gasteiger partial charge is 0.404 e. The fourth-order valence-electron chi connectivity index (χ4n) is 7.71. The van der Waals surface area contributed by atoms with E-state index in [0.717, 1.165) is 134 Å². The number of hydrogen-bond acceptors (Lipinski definition) is 10. The largest absolute Gasteiger partial charge is 0.488 e. The van der Waals surface area contributed by atoms with Gasteiger partial charge >= 0.3 is 6.09 Å². The number of nitrogens with one attached hydrogen (secondary N) is 2. The lowest BCUT2D eigenvalue weighted by molar-refractivity contribution is -0.133. The highest BCUT2D eigenvalue weighted by atomic mass is 16.5. The van der Waals surface area contributed by atoms with Crippen LogP contribution in [0.15, 0.2) is 36.7 Å². The molecule has 4 aliphatic heterocycles. The van der Waals surface area contributed by atoms with Crippen molar-refractivity contribution in [3.63, 3.8) is 0 Å². The number of carbonyl (C=O) groups is 3. The van der Waals surface area contributed by atoms with Crippen molar-refractivity contribution in [3.05, 3.63) is 59.4 Å². The molecule has 0 saturated carbocycles. The van der Waals surface area contributed by atoms with E-state index < -0.39 is 6.09 Å². The van der Waals surface area contributed by atoms with Gasteiger partial charge in [0.1, 0.15) is 36.4 Å². The van der Waals surface area contributed by atoms with Gasteiger partial charge in [-0.25, -0.2) is 14.8 Å². The molecule has 15 nitrogen and oxygen atoms in total. The maximum atomic E-state index is 12.7. The minimum absolute atomic E-state index is 0.00130. The molecule has 2 saturated heterocycles. The van der Waals surface area contributed by atoms with Crippen LogP contribution < -0.4 is 15.2 Å². The van der Waals surface area contributed by atoms with Crippen molar-refractivity contribution in [1.82, 2.24) is 29.7 Å². The molecular weight excluding hydrogens is 706 g/mol. The summed E-state index contributed by atoms with van der Waals surface area (Å²) < 4.78 is 16.7. The summed E-state index contributed by atoms with van der Waals surface area (Å²) in [5.41, 5.74) is 12.6. The molecule has 8 rings (SSSR count). The van der Waals surface area contributed by atoms with Crippen LogP contribution in [-0.4, -0.2) is 92.3 Å². The number of carbonyl (C=O) groups excluding carboxylic acids is 3. The molecule has 6 heterocycles. The van der Waals surface area contributed by atoms with Crippen molar-refractivity contribution in [3.8, 4) is 45.1 Å². The highest BCUT2D eigenvalue weighted by Gasteiger charge is 2.34. The van der Waals surface area contributed by atoms with Gasteiger partial charge in [-0.05, 0) is 62.8 Å². The first-order chi connectivity index (χ1) is 26.8. The number of aliphatic hydroxyl groups is 2. The number of methoxy groups -OCH3 is 1. The van der Waals surface area contributed by atoms with Crippen molar-refractivity contribution in [2.75, 3.05) is 34.4 Å². The Hall–Kier alpha value is -5.41. The molecule has 55 heavy (non-hydrogen) atoms. The number of aromatic amines is 2. The van der Waals surface area contributed by atoms with Crippen LogP contribution in [0.4, 0.5) is 4.79 Å². The molecule has 0 bridgehead atoms. The van der Waals surface area contributed by atoms with E-state index in [1.165, 1.54) is 7.11 Å². The van der Waals surface area contributed by atoms with E-state index in [4.69, 9.17) is 29.7 Å². The number of likely N-dealkylation sites (tertiary alicyclic amines) is 2. The predicted octanol–water partition coefficient (Wildman–Crippen LogP) is 5.77. The van der Waals surface area contributed by atoms with Crippen molar-refractivity contribution in [2.24, 2.45) is 5.73 Å². The number of ether oxygens (including phenoxy) is 3. The fraction of sp³-hybridized carbons (Fsp3) is 0.475. The number of nitrogens with zero attached hydrogens (tertiary/aromatic N) is 4. The Morgan fingerprint density at radius 3 is 1.53 bits per heavy atom. The summed E-state index contributed by atoms with van der Waals surface area (Å²) in [6, 6.07) is 8.50. The first-order valence-corrected chi connectivity index (χ1v) is 18.8. The van der Waals surface area contributed by atoms with Crippen LogP contribution in [-0.2, 0) is 27.5 Å². The lowest BCUT2D eigenvalue weighted by Gasteiger charge is -2.30. The van der Waals surface area contributed by atoms with Gasteiger partial charge in [0, 0.05) is 73.5 Å². The highest BCUT2D eigenvalue weighted by Crippen LogP contribution is 2.51. The number of H-pyrrole nitrogens is 2. The van der Waals surface area contributed by atoms with Crippen molar-refractivity contribution in [2.45, 2.75) is 90.5 Å². The second-order valence-corrected chi connectivity index (χ2v) is 13.5. The van der Waals surface area contributed by atoms with Crippen LogP contribution in [0.3, 0.4) is 0 Å². The van der Waals surface area contributed by atoms with Gasteiger partial charge in [-0.3, -0.25) is 9.59 Å². The van der Waals surface area contributed by atoms with E-state index in [-0.39, 0.29) is 23.9 Å². The average molecular weight is 760 g/mol. The van der Waals surface area contributed by atoms with E-state index in [1.807, 2.05) is 36.0 Å². The minimum Gasteiger partial charge on any atom is -0.488 e. The Morgan fingerprint density at radius 1 is 0.764 bits per heavy atom. The zero-order chi connectivity index (χ0) is 39.6. The highest BCUT2D eigenvalue weighted by molar-refractivity contribution is 5.88. The number of benzene rings is 2. The fourth-order valence-corrected chi connectivity index (χ4v) is 7.71. The SMILES string of the molecule is CCCC(=O)N1CCCC1c1ncc(-c2cc3c4c(c2)OCc2cc(-c5cnc([C@@H]6CCCN6C(=O)CCC)[nH]5)cc(c2-4)OC3)[nH]1.CO.CO.COC(N)=O. The Balaban J connectivity index is 0.000000591. The van der Waals surface area contributed by atoms with Crippen molar-refractivity contribution < 1.29 is 38.8 Å². The van der Waals surface area contributed by atoms with E-state index in [1.54, 1.807) is 0 Å². The molecule has 2 aromatic heterocycles. The van der Waals surface area contributed by atoms with Crippen molar-refractivity contribution >= 4 is 17.9 Å². The number of primary amides is 1. The quantitative estimate of drug-likeness (QED) is 0.146. The van der Waals surface area contributed by atoms with Gasteiger partial charge in [0.15, 0.2) is 0 Å². The van der Waals surface area contributed by atoms with Crippen LogP contribution >= 0.6 is 0 Å². The Kier molecular flexibility index (Phi) is 13.9. The van der Waals surface area contributed by atoms with Crippen LogP contribution in [0.1, 0.15) is 100 Å². The molecule has 2 atom stereocenters. The number of imidazole rings is 2. The standard InChI is InChI=1S/C36H40N6O4.C2H5NO2.2CH4O/c1-3-7-31(43)41-11-5-9-27(41)35-37-17-25(39-35)21-13-23-19-46-30-16-22(14-24-20-45-29(15-21)33(23)34(24)30)26-18-38-36(40-26)28-10-6-12-42(28)32(44)8-4-2;1-5-2(3)4;2*1-2/h13-18,27-28H,3-12,19-20H2,1-2H3,(H,37,39)(H,38,40);1H3,(H2,3,4);2*2H,1H3/t27-,28?;;;/m0.../s1. The lowest BCUT2D eigenvalue weighted by Crippen LogP contribution is -2.30. The number of aromatic nitrogens is 4. The normalized spacial score (nSPS) is 17.2. The van der Waals surface area contributed by atoms with Gasteiger partial charge in [-0.15, -0.1) is 0 Å². The predicted molar refractivity (Wildman–Crippen MR) is 206 cm³/mol. The molecule has 296 valence electrons. The first-order valence-electron chi connectivity index (χ1n) is 18.8. The summed E-state index contributed by atoms with van der Waals surface area (Å²) in [5.74, 6) is 3.78. The molecular formula is C40H53N7O8. The zero-order valence-electron chi connectivity index (χ0n) is 32.3. The van der Waals surface area contributed by atoms with Crippen LogP contribution in [0.5, 0.6) is 11.5 Å². The summed E-state index contributed by atoms with van der Waals surface area (Å²) in [6.07, 6.45) is 9.67. The Morgan fingerprint density at radius 2 is 1.16 bits per heavy atom. The summed E-state index contributed by atoms with van der Waals surface area (Å²) in [6.45, 7) is 6.53. The third-order valence-electron chi connectivity index (χ3n) is 10.1.